The molecule has 1 heterocycles. The zero-order chi connectivity index (χ0) is 22.8. The van der Waals surface area contributed by atoms with Crippen LogP contribution in [-0.4, -0.2) is 22.3 Å². The number of aryl methyl sites for hydroxylation is 1. The summed E-state index contributed by atoms with van der Waals surface area (Å²) in [7, 11) is 1.90. The van der Waals surface area contributed by atoms with Crippen LogP contribution in [0.25, 0.3) is 16.8 Å². The van der Waals surface area contributed by atoms with Crippen molar-refractivity contribution in [2.24, 2.45) is 7.05 Å². The number of rotatable bonds is 6. The predicted molar refractivity (Wildman–Crippen MR) is 131 cm³/mol. The summed E-state index contributed by atoms with van der Waals surface area (Å²) in [5, 5.41) is 7.05. The maximum absolute atomic E-state index is 12.2. The van der Waals surface area contributed by atoms with Crippen LogP contribution in [0.5, 0.6) is 5.75 Å². The third kappa shape index (κ3) is 6.08. The van der Waals surface area contributed by atoms with Gasteiger partial charge < -0.3 is 10.1 Å². The zero-order valence-electron chi connectivity index (χ0n) is 18.8. The van der Waals surface area contributed by atoms with Gasteiger partial charge in [-0.25, -0.2) is 0 Å². The first-order valence-electron chi connectivity index (χ1n) is 10.8. The fourth-order valence-electron chi connectivity index (χ4n) is 3.28. The van der Waals surface area contributed by atoms with Crippen molar-refractivity contribution in [1.29, 1.82) is 0 Å². The molecule has 0 aliphatic heterocycles. The molecule has 0 saturated carbocycles. The van der Waals surface area contributed by atoms with Crippen LogP contribution in [0.15, 0.2) is 91.2 Å². The number of hydrogen-bond acceptors (Lipinski definition) is 3. The summed E-state index contributed by atoms with van der Waals surface area (Å²) in [6.07, 6.45) is 13.0. The minimum Gasteiger partial charge on any atom is -0.484 e. The fraction of sp³-hybridized carbons (Fsp3) is 0.185. The van der Waals surface area contributed by atoms with E-state index in [1.54, 1.807) is 6.20 Å². The topological polar surface area (TPSA) is 56.2 Å². The van der Waals surface area contributed by atoms with E-state index in [-0.39, 0.29) is 12.5 Å². The molecule has 0 atom stereocenters. The van der Waals surface area contributed by atoms with Gasteiger partial charge in [-0.05, 0) is 60.0 Å². The van der Waals surface area contributed by atoms with Crippen molar-refractivity contribution in [2.75, 3.05) is 11.9 Å². The maximum atomic E-state index is 12.2. The number of carbonyl (C=O) groups excluding carboxylic acids is 1. The van der Waals surface area contributed by atoms with Gasteiger partial charge in [-0.1, -0.05) is 56.4 Å². The standard InChI is InChI=1S/C25H23N3O2.C2H6/c1-28-24(16-17-26-28)21-10-14-23(15-11-21)30-18-25(29)27-22-12-8-20(9-13-22)19-6-4-2-3-5-7-19;1-2/h2-6,8-17H,7,18H2,1H3,(H,27,29);1-2H3. The summed E-state index contributed by atoms with van der Waals surface area (Å²) in [4.78, 5) is 12.2. The van der Waals surface area contributed by atoms with Gasteiger partial charge in [-0.15, -0.1) is 0 Å². The summed E-state index contributed by atoms with van der Waals surface area (Å²) in [5.74, 6) is 0.450. The highest BCUT2D eigenvalue weighted by molar-refractivity contribution is 5.92. The second kappa shape index (κ2) is 11.5. The lowest BCUT2D eigenvalue weighted by atomic mass is 10.0. The van der Waals surface area contributed by atoms with Gasteiger partial charge in [0.25, 0.3) is 5.91 Å². The van der Waals surface area contributed by atoms with Crippen molar-refractivity contribution in [1.82, 2.24) is 9.78 Å². The zero-order valence-corrected chi connectivity index (χ0v) is 18.8. The molecule has 4 rings (SSSR count). The Kier molecular flexibility index (Phi) is 8.21. The number of benzene rings is 2. The Balaban J connectivity index is 0.00000141. The molecular weight excluding hydrogens is 398 g/mol. The Morgan fingerprint density at radius 2 is 1.69 bits per heavy atom. The van der Waals surface area contributed by atoms with Crippen molar-refractivity contribution in [3.63, 3.8) is 0 Å². The van der Waals surface area contributed by atoms with E-state index in [2.05, 4.69) is 22.6 Å². The number of carbonyl (C=O) groups is 1. The van der Waals surface area contributed by atoms with E-state index in [0.717, 1.165) is 28.9 Å². The molecule has 1 amide bonds. The van der Waals surface area contributed by atoms with Gasteiger partial charge in [0.1, 0.15) is 5.75 Å². The van der Waals surface area contributed by atoms with Crippen molar-refractivity contribution < 1.29 is 9.53 Å². The normalized spacial score (nSPS) is 12.3. The SMILES string of the molecule is CC.Cn1nccc1-c1ccc(OCC(=O)Nc2ccc(C3=CC=CC=CC3)cc2)cc1. The number of allylic oxidation sites excluding steroid dienone is 6. The van der Waals surface area contributed by atoms with E-state index < -0.39 is 0 Å². The summed E-state index contributed by atoms with van der Waals surface area (Å²) in [6, 6.07) is 17.4. The molecule has 32 heavy (non-hydrogen) atoms. The third-order valence-corrected chi connectivity index (χ3v) is 4.87. The van der Waals surface area contributed by atoms with Crippen molar-refractivity contribution in [2.45, 2.75) is 20.3 Å². The number of amides is 1. The molecule has 1 aliphatic rings. The van der Waals surface area contributed by atoms with Crippen LogP contribution in [0.4, 0.5) is 5.69 Å². The number of anilines is 1. The van der Waals surface area contributed by atoms with Gasteiger partial charge in [0, 0.05) is 24.5 Å². The smallest absolute Gasteiger partial charge is 0.262 e. The van der Waals surface area contributed by atoms with Crippen LogP contribution >= 0.6 is 0 Å². The Morgan fingerprint density at radius 1 is 0.969 bits per heavy atom. The van der Waals surface area contributed by atoms with Crippen LogP contribution in [0, 0.1) is 0 Å². The lowest BCUT2D eigenvalue weighted by Crippen LogP contribution is -2.20. The fourth-order valence-corrected chi connectivity index (χ4v) is 3.28. The number of aromatic nitrogens is 2. The third-order valence-electron chi connectivity index (χ3n) is 4.87. The molecular formula is C27H29N3O2. The molecule has 0 spiro atoms. The second-order valence-electron chi connectivity index (χ2n) is 6.99. The van der Waals surface area contributed by atoms with E-state index >= 15 is 0 Å². The number of nitrogens with zero attached hydrogens (tertiary/aromatic N) is 2. The van der Waals surface area contributed by atoms with Gasteiger partial charge in [-0.2, -0.15) is 5.10 Å². The summed E-state index contributed by atoms with van der Waals surface area (Å²) in [5.41, 5.74) is 5.21. The highest BCUT2D eigenvalue weighted by Crippen LogP contribution is 2.23. The molecule has 0 fully saturated rings. The van der Waals surface area contributed by atoms with Crippen LogP contribution < -0.4 is 10.1 Å². The van der Waals surface area contributed by atoms with Crippen LogP contribution in [-0.2, 0) is 11.8 Å². The Hall–Kier alpha value is -3.86. The van der Waals surface area contributed by atoms with E-state index in [1.165, 1.54) is 5.57 Å². The molecule has 1 aromatic heterocycles. The van der Waals surface area contributed by atoms with Crippen molar-refractivity contribution in [3.8, 4) is 17.0 Å². The first kappa shape index (κ1) is 22.8. The molecule has 164 valence electrons. The van der Waals surface area contributed by atoms with E-state index in [4.69, 9.17) is 4.74 Å². The van der Waals surface area contributed by atoms with E-state index in [1.807, 2.05) is 98.4 Å². The molecule has 1 N–H and O–H groups in total. The van der Waals surface area contributed by atoms with Gasteiger partial charge in [0.05, 0.1) is 5.69 Å². The lowest BCUT2D eigenvalue weighted by molar-refractivity contribution is -0.118. The average molecular weight is 428 g/mol. The molecule has 0 radical (unpaired) electrons. The second-order valence-corrected chi connectivity index (χ2v) is 6.99. The summed E-state index contributed by atoms with van der Waals surface area (Å²) < 4.78 is 7.43. The van der Waals surface area contributed by atoms with Gasteiger partial charge >= 0.3 is 0 Å². The molecule has 2 aromatic carbocycles. The Bertz CT molecular complexity index is 1100. The van der Waals surface area contributed by atoms with E-state index in [9.17, 15) is 4.79 Å². The van der Waals surface area contributed by atoms with Crippen molar-refractivity contribution in [3.05, 3.63) is 96.7 Å². The van der Waals surface area contributed by atoms with Gasteiger partial charge in [0.2, 0.25) is 0 Å². The number of hydrogen-bond donors (Lipinski definition) is 1. The Morgan fingerprint density at radius 3 is 2.38 bits per heavy atom. The first-order valence-corrected chi connectivity index (χ1v) is 10.8. The molecule has 1 aliphatic carbocycles. The average Bonchev–Trinajstić information content (AvgIpc) is 3.08. The largest absolute Gasteiger partial charge is 0.484 e. The van der Waals surface area contributed by atoms with E-state index in [0.29, 0.717) is 5.75 Å². The quantitative estimate of drug-likeness (QED) is 0.522. The van der Waals surface area contributed by atoms with Gasteiger partial charge in [-0.3, -0.25) is 9.48 Å². The molecule has 0 saturated heterocycles. The molecule has 0 unspecified atom stereocenters. The molecule has 3 aromatic rings. The lowest BCUT2D eigenvalue weighted by Gasteiger charge is -2.10. The minimum absolute atomic E-state index is 0.0481. The highest BCUT2D eigenvalue weighted by atomic mass is 16.5. The monoisotopic (exact) mass is 427 g/mol. The summed E-state index contributed by atoms with van der Waals surface area (Å²) >= 11 is 0. The molecule has 0 bridgehead atoms. The summed E-state index contributed by atoms with van der Waals surface area (Å²) in [6.45, 7) is 3.95. The van der Waals surface area contributed by atoms with Crippen LogP contribution in [0.1, 0.15) is 25.8 Å². The number of ether oxygens (including phenoxy) is 1. The minimum atomic E-state index is -0.196. The van der Waals surface area contributed by atoms with Crippen LogP contribution in [0.2, 0.25) is 0 Å². The highest BCUT2D eigenvalue weighted by Gasteiger charge is 2.07. The predicted octanol–water partition coefficient (Wildman–Crippen LogP) is 6.03. The number of nitrogens with one attached hydrogen (secondary N) is 1. The van der Waals surface area contributed by atoms with Gasteiger partial charge in [0.15, 0.2) is 6.61 Å². The first-order chi connectivity index (χ1) is 15.7. The molecule has 5 heteroatoms. The van der Waals surface area contributed by atoms with Crippen molar-refractivity contribution >= 4 is 17.2 Å². The molecule has 5 nitrogen and oxygen atoms in total. The Labute approximate surface area is 189 Å². The van der Waals surface area contributed by atoms with Crippen LogP contribution in [0.3, 0.4) is 0 Å². The maximum Gasteiger partial charge on any atom is 0.262 e.